The Morgan fingerprint density at radius 1 is 1.25 bits per heavy atom. The highest BCUT2D eigenvalue weighted by Crippen LogP contribution is 2.39. The molecular weight excluding hydrogens is 196 g/mol. The molecule has 0 spiro atoms. The SMILES string of the molecule is CC(C)N(CC1CC1)CC1(CN)CCCC1. The van der Waals surface area contributed by atoms with Crippen LogP contribution >= 0.6 is 0 Å². The smallest absolute Gasteiger partial charge is 0.00529 e. The van der Waals surface area contributed by atoms with Gasteiger partial charge in [-0.25, -0.2) is 0 Å². The van der Waals surface area contributed by atoms with Gasteiger partial charge in [0, 0.05) is 19.1 Å². The van der Waals surface area contributed by atoms with Crippen LogP contribution in [0.3, 0.4) is 0 Å². The highest BCUT2D eigenvalue weighted by molar-refractivity contribution is 4.90. The maximum Gasteiger partial charge on any atom is 0.00529 e. The lowest BCUT2D eigenvalue weighted by Crippen LogP contribution is -2.44. The van der Waals surface area contributed by atoms with E-state index in [9.17, 15) is 0 Å². The fourth-order valence-electron chi connectivity index (χ4n) is 3.07. The molecule has 0 aromatic carbocycles. The third-order valence-electron chi connectivity index (χ3n) is 4.56. The Bertz CT molecular complexity index is 215. The molecule has 2 nitrogen and oxygen atoms in total. The van der Waals surface area contributed by atoms with Crippen molar-refractivity contribution in [3.8, 4) is 0 Å². The van der Waals surface area contributed by atoms with E-state index in [0.29, 0.717) is 11.5 Å². The van der Waals surface area contributed by atoms with Gasteiger partial charge in [0.15, 0.2) is 0 Å². The Balaban J connectivity index is 1.91. The van der Waals surface area contributed by atoms with Gasteiger partial charge in [-0.3, -0.25) is 0 Å². The van der Waals surface area contributed by atoms with Crippen molar-refractivity contribution in [2.24, 2.45) is 17.1 Å². The lowest BCUT2D eigenvalue weighted by Gasteiger charge is -2.37. The van der Waals surface area contributed by atoms with E-state index in [-0.39, 0.29) is 0 Å². The summed E-state index contributed by atoms with van der Waals surface area (Å²) in [5.41, 5.74) is 6.49. The Morgan fingerprint density at radius 3 is 2.31 bits per heavy atom. The molecule has 94 valence electrons. The van der Waals surface area contributed by atoms with Gasteiger partial charge in [0.2, 0.25) is 0 Å². The minimum Gasteiger partial charge on any atom is -0.330 e. The van der Waals surface area contributed by atoms with E-state index in [2.05, 4.69) is 18.7 Å². The van der Waals surface area contributed by atoms with E-state index < -0.39 is 0 Å². The lowest BCUT2D eigenvalue weighted by atomic mass is 9.85. The van der Waals surface area contributed by atoms with Crippen LogP contribution in [0.25, 0.3) is 0 Å². The quantitative estimate of drug-likeness (QED) is 0.751. The van der Waals surface area contributed by atoms with E-state index in [1.807, 2.05) is 0 Å². The molecule has 2 aliphatic rings. The van der Waals surface area contributed by atoms with Crippen molar-refractivity contribution in [1.82, 2.24) is 4.90 Å². The fourth-order valence-corrected chi connectivity index (χ4v) is 3.07. The monoisotopic (exact) mass is 224 g/mol. The van der Waals surface area contributed by atoms with Crippen molar-refractivity contribution >= 4 is 0 Å². The summed E-state index contributed by atoms with van der Waals surface area (Å²) in [6, 6.07) is 0.685. The Labute approximate surface area is 101 Å². The van der Waals surface area contributed by atoms with Crippen LogP contribution in [0.1, 0.15) is 52.4 Å². The van der Waals surface area contributed by atoms with Gasteiger partial charge in [-0.2, -0.15) is 0 Å². The first-order valence-electron chi connectivity index (χ1n) is 7.09. The second kappa shape index (κ2) is 5.05. The average molecular weight is 224 g/mol. The molecule has 0 heterocycles. The van der Waals surface area contributed by atoms with Gasteiger partial charge in [-0.1, -0.05) is 12.8 Å². The van der Waals surface area contributed by atoms with Gasteiger partial charge in [0.05, 0.1) is 0 Å². The summed E-state index contributed by atoms with van der Waals surface area (Å²) >= 11 is 0. The molecule has 0 aromatic rings. The van der Waals surface area contributed by atoms with Crippen molar-refractivity contribution in [2.75, 3.05) is 19.6 Å². The molecule has 0 saturated heterocycles. The van der Waals surface area contributed by atoms with Gasteiger partial charge in [-0.05, 0) is 57.4 Å². The number of hydrogen-bond donors (Lipinski definition) is 1. The molecule has 0 amide bonds. The van der Waals surface area contributed by atoms with E-state index in [4.69, 9.17) is 5.73 Å². The molecule has 0 radical (unpaired) electrons. The molecule has 0 unspecified atom stereocenters. The molecule has 2 saturated carbocycles. The van der Waals surface area contributed by atoms with Crippen LogP contribution in [0.4, 0.5) is 0 Å². The molecule has 2 heteroatoms. The molecule has 2 fully saturated rings. The standard InChI is InChI=1S/C14H28N2/c1-12(2)16(9-13-5-6-13)11-14(10-15)7-3-4-8-14/h12-13H,3-11,15H2,1-2H3. The zero-order valence-corrected chi connectivity index (χ0v) is 11.0. The number of hydrogen-bond acceptors (Lipinski definition) is 2. The van der Waals surface area contributed by atoms with Gasteiger partial charge in [-0.15, -0.1) is 0 Å². The van der Waals surface area contributed by atoms with Crippen molar-refractivity contribution in [3.63, 3.8) is 0 Å². The van der Waals surface area contributed by atoms with E-state index in [1.165, 1.54) is 51.6 Å². The van der Waals surface area contributed by atoms with Crippen LogP contribution in [-0.4, -0.2) is 30.6 Å². The van der Waals surface area contributed by atoms with Crippen LogP contribution < -0.4 is 5.73 Å². The number of rotatable bonds is 6. The topological polar surface area (TPSA) is 29.3 Å². The van der Waals surface area contributed by atoms with E-state index >= 15 is 0 Å². The molecule has 2 aliphatic carbocycles. The largest absolute Gasteiger partial charge is 0.330 e. The summed E-state index contributed by atoms with van der Waals surface area (Å²) in [5.74, 6) is 0.999. The molecule has 0 aromatic heterocycles. The third-order valence-corrected chi connectivity index (χ3v) is 4.56. The highest BCUT2D eigenvalue weighted by atomic mass is 15.2. The zero-order chi connectivity index (χ0) is 11.6. The third kappa shape index (κ3) is 2.98. The van der Waals surface area contributed by atoms with Crippen LogP contribution in [0, 0.1) is 11.3 Å². The number of nitrogens with two attached hydrogens (primary N) is 1. The zero-order valence-electron chi connectivity index (χ0n) is 11.0. The molecule has 2 N–H and O–H groups in total. The maximum atomic E-state index is 6.04. The van der Waals surface area contributed by atoms with E-state index in [1.54, 1.807) is 0 Å². The first-order valence-corrected chi connectivity index (χ1v) is 7.09. The summed E-state index contributed by atoms with van der Waals surface area (Å²) in [6.45, 7) is 8.13. The molecule has 2 rings (SSSR count). The van der Waals surface area contributed by atoms with Crippen molar-refractivity contribution in [1.29, 1.82) is 0 Å². The fraction of sp³-hybridized carbons (Fsp3) is 1.00. The maximum absolute atomic E-state index is 6.04. The second-order valence-electron chi connectivity index (χ2n) is 6.38. The minimum absolute atomic E-state index is 0.458. The second-order valence-corrected chi connectivity index (χ2v) is 6.38. The van der Waals surface area contributed by atoms with Gasteiger partial charge in [0.1, 0.15) is 0 Å². The highest BCUT2D eigenvalue weighted by Gasteiger charge is 2.36. The van der Waals surface area contributed by atoms with Crippen LogP contribution in [-0.2, 0) is 0 Å². The Hall–Kier alpha value is -0.0800. The van der Waals surface area contributed by atoms with Gasteiger partial charge < -0.3 is 10.6 Å². The van der Waals surface area contributed by atoms with Gasteiger partial charge in [0.25, 0.3) is 0 Å². The van der Waals surface area contributed by atoms with Crippen molar-refractivity contribution in [3.05, 3.63) is 0 Å². The predicted octanol–water partition coefficient (Wildman–Crippen LogP) is 2.63. The predicted molar refractivity (Wildman–Crippen MR) is 69.4 cm³/mol. The van der Waals surface area contributed by atoms with Crippen LogP contribution in [0.5, 0.6) is 0 Å². The molecule has 16 heavy (non-hydrogen) atoms. The molecule has 0 atom stereocenters. The molecule has 0 aliphatic heterocycles. The first kappa shape index (κ1) is 12.4. The first-order chi connectivity index (χ1) is 7.65. The van der Waals surface area contributed by atoms with Gasteiger partial charge >= 0.3 is 0 Å². The summed E-state index contributed by atoms with van der Waals surface area (Å²) in [6.07, 6.45) is 8.42. The van der Waals surface area contributed by atoms with Crippen LogP contribution in [0.2, 0.25) is 0 Å². The van der Waals surface area contributed by atoms with E-state index in [0.717, 1.165) is 12.5 Å². The Morgan fingerprint density at radius 2 is 1.88 bits per heavy atom. The summed E-state index contributed by atoms with van der Waals surface area (Å²) < 4.78 is 0. The lowest BCUT2D eigenvalue weighted by molar-refractivity contribution is 0.123. The summed E-state index contributed by atoms with van der Waals surface area (Å²) in [4.78, 5) is 2.69. The molecular formula is C14H28N2. The van der Waals surface area contributed by atoms with Crippen LogP contribution in [0.15, 0.2) is 0 Å². The molecule has 0 bridgehead atoms. The van der Waals surface area contributed by atoms with Crippen molar-refractivity contribution < 1.29 is 0 Å². The minimum atomic E-state index is 0.458. The van der Waals surface area contributed by atoms with Crippen molar-refractivity contribution in [2.45, 2.75) is 58.4 Å². The average Bonchev–Trinajstić information content (AvgIpc) is 2.95. The summed E-state index contributed by atoms with van der Waals surface area (Å²) in [5, 5.41) is 0. The summed E-state index contributed by atoms with van der Waals surface area (Å²) in [7, 11) is 0. The number of nitrogens with zero attached hydrogens (tertiary/aromatic N) is 1. The Kier molecular flexibility index (Phi) is 3.91. The normalized spacial score (nSPS) is 24.6.